The van der Waals surface area contributed by atoms with Crippen LogP contribution in [0.4, 0.5) is 0 Å². The number of hydrogen-bond donors (Lipinski definition) is 1. The van der Waals surface area contributed by atoms with E-state index in [0.717, 1.165) is 31.4 Å². The van der Waals surface area contributed by atoms with Crippen LogP contribution in [0.15, 0.2) is 45.3 Å². The van der Waals surface area contributed by atoms with Crippen LogP contribution in [0.25, 0.3) is 0 Å². The number of aliphatic hydroxyl groups is 1. The molecule has 0 radical (unpaired) electrons. The van der Waals surface area contributed by atoms with E-state index in [4.69, 9.17) is 4.74 Å². The molecule has 0 heterocycles. The topological polar surface area (TPSA) is 29.5 Å². The van der Waals surface area contributed by atoms with Gasteiger partial charge in [0, 0.05) is 14.5 Å². The molecule has 0 spiro atoms. The summed E-state index contributed by atoms with van der Waals surface area (Å²) in [6, 6.07) is 11.5. The number of halogens is 2. The van der Waals surface area contributed by atoms with Gasteiger partial charge in [-0.05, 0) is 42.3 Å². The van der Waals surface area contributed by atoms with Gasteiger partial charge in [0.25, 0.3) is 0 Å². The monoisotopic (exact) mass is 384 g/mol. The molecule has 1 N–H and O–H groups in total. The minimum Gasteiger partial charge on any atom is -0.496 e. The van der Waals surface area contributed by atoms with Crippen molar-refractivity contribution in [1.29, 1.82) is 0 Å². The van der Waals surface area contributed by atoms with E-state index < -0.39 is 6.10 Å². The van der Waals surface area contributed by atoms with Gasteiger partial charge in [-0.1, -0.05) is 44.0 Å². The van der Waals surface area contributed by atoms with E-state index in [0.29, 0.717) is 0 Å². The molecule has 2 aromatic rings. The molecule has 0 bridgehead atoms. The SMILES string of the molecule is COc1cc(C(O)c2cc(Br)ccc2Br)ccc1C. The summed E-state index contributed by atoms with van der Waals surface area (Å²) in [5.41, 5.74) is 2.67. The summed E-state index contributed by atoms with van der Waals surface area (Å²) in [6.07, 6.45) is -0.693. The summed E-state index contributed by atoms with van der Waals surface area (Å²) in [6.45, 7) is 1.98. The van der Waals surface area contributed by atoms with E-state index in [2.05, 4.69) is 31.9 Å². The third kappa shape index (κ3) is 3.19. The second kappa shape index (κ2) is 6.07. The van der Waals surface area contributed by atoms with Crippen molar-refractivity contribution < 1.29 is 9.84 Å². The summed E-state index contributed by atoms with van der Waals surface area (Å²) < 4.78 is 7.11. The largest absolute Gasteiger partial charge is 0.496 e. The molecule has 0 aliphatic heterocycles. The third-order valence-corrected chi connectivity index (χ3v) is 4.22. The van der Waals surface area contributed by atoms with Crippen LogP contribution >= 0.6 is 31.9 Å². The Morgan fingerprint density at radius 2 is 1.84 bits per heavy atom. The maximum Gasteiger partial charge on any atom is 0.122 e. The van der Waals surface area contributed by atoms with Crippen molar-refractivity contribution in [3.05, 3.63) is 62.0 Å². The van der Waals surface area contributed by atoms with E-state index in [1.807, 2.05) is 43.3 Å². The lowest BCUT2D eigenvalue weighted by atomic mass is 10.00. The fourth-order valence-electron chi connectivity index (χ4n) is 1.91. The fraction of sp³-hybridized carbons (Fsp3) is 0.200. The average Bonchev–Trinajstić information content (AvgIpc) is 2.41. The molecule has 100 valence electrons. The number of aryl methyl sites for hydroxylation is 1. The smallest absolute Gasteiger partial charge is 0.122 e. The van der Waals surface area contributed by atoms with E-state index in [1.54, 1.807) is 7.11 Å². The van der Waals surface area contributed by atoms with Crippen LogP contribution in [-0.2, 0) is 0 Å². The molecule has 0 saturated carbocycles. The predicted molar refractivity (Wildman–Crippen MR) is 83.6 cm³/mol. The lowest BCUT2D eigenvalue weighted by Gasteiger charge is -2.15. The van der Waals surface area contributed by atoms with E-state index in [9.17, 15) is 5.11 Å². The number of hydrogen-bond acceptors (Lipinski definition) is 2. The van der Waals surface area contributed by atoms with Crippen molar-refractivity contribution in [2.75, 3.05) is 7.11 Å². The van der Waals surface area contributed by atoms with Crippen LogP contribution in [0.3, 0.4) is 0 Å². The maximum absolute atomic E-state index is 10.5. The van der Waals surface area contributed by atoms with E-state index in [1.165, 1.54) is 0 Å². The van der Waals surface area contributed by atoms with Gasteiger partial charge >= 0.3 is 0 Å². The zero-order valence-electron chi connectivity index (χ0n) is 10.7. The van der Waals surface area contributed by atoms with Gasteiger partial charge in [-0.25, -0.2) is 0 Å². The van der Waals surface area contributed by atoms with Crippen LogP contribution in [0.5, 0.6) is 5.75 Å². The first kappa shape index (κ1) is 14.6. The summed E-state index contributed by atoms with van der Waals surface area (Å²) in [5, 5.41) is 10.5. The Hall–Kier alpha value is -0.840. The van der Waals surface area contributed by atoms with Gasteiger partial charge < -0.3 is 9.84 Å². The van der Waals surface area contributed by atoms with E-state index in [-0.39, 0.29) is 0 Å². The molecule has 0 fully saturated rings. The van der Waals surface area contributed by atoms with Crippen molar-refractivity contribution in [3.63, 3.8) is 0 Å². The molecule has 0 amide bonds. The average molecular weight is 386 g/mol. The molecule has 19 heavy (non-hydrogen) atoms. The molecular formula is C15H14Br2O2. The Balaban J connectivity index is 2.43. The summed E-state index contributed by atoms with van der Waals surface area (Å²) in [4.78, 5) is 0. The van der Waals surface area contributed by atoms with Crippen molar-refractivity contribution in [3.8, 4) is 5.75 Å². The third-order valence-electron chi connectivity index (χ3n) is 3.00. The number of rotatable bonds is 3. The fourth-order valence-corrected chi connectivity index (χ4v) is 2.75. The highest BCUT2D eigenvalue weighted by atomic mass is 79.9. The zero-order valence-corrected chi connectivity index (χ0v) is 13.8. The summed E-state index contributed by atoms with van der Waals surface area (Å²) >= 11 is 6.89. The van der Waals surface area contributed by atoms with Crippen molar-refractivity contribution in [2.24, 2.45) is 0 Å². The van der Waals surface area contributed by atoms with Gasteiger partial charge in [0.05, 0.1) is 7.11 Å². The highest BCUT2D eigenvalue weighted by Gasteiger charge is 2.15. The second-order valence-corrected chi connectivity index (χ2v) is 6.07. The van der Waals surface area contributed by atoms with Crippen LogP contribution < -0.4 is 4.74 Å². The molecule has 2 aromatic carbocycles. The Kier molecular flexibility index (Phi) is 4.66. The van der Waals surface area contributed by atoms with Gasteiger partial charge in [0.1, 0.15) is 11.9 Å². The van der Waals surface area contributed by atoms with Crippen LogP contribution in [-0.4, -0.2) is 12.2 Å². The van der Waals surface area contributed by atoms with Gasteiger partial charge in [0.15, 0.2) is 0 Å². The molecule has 1 atom stereocenters. The molecule has 0 aliphatic rings. The first-order chi connectivity index (χ1) is 9.02. The molecule has 4 heteroatoms. The first-order valence-corrected chi connectivity index (χ1v) is 7.39. The van der Waals surface area contributed by atoms with Crippen LogP contribution in [0.1, 0.15) is 22.8 Å². The number of methoxy groups -OCH3 is 1. The first-order valence-electron chi connectivity index (χ1n) is 5.80. The Morgan fingerprint density at radius 3 is 2.53 bits per heavy atom. The minimum absolute atomic E-state index is 0.693. The molecule has 0 aliphatic carbocycles. The number of benzene rings is 2. The molecular weight excluding hydrogens is 372 g/mol. The van der Waals surface area contributed by atoms with Crippen molar-refractivity contribution >= 4 is 31.9 Å². The van der Waals surface area contributed by atoms with Gasteiger partial charge in [0.2, 0.25) is 0 Å². The lowest BCUT2D eigenvalue weighted by molar-refractivity contribution is 0.219. The van der Waals surface area contributed by atoms with Crippen LogP contribution in [0.2, 0.25) is 0 Å². The Bertz CT molecular complexity index is 597. The highest BCUT2D eigenvalue weighted by Crippen LogP contribution is 2.33. The Labute approximate surface area is 129 Å². The van der Waals surface area contributed by atoms with Gasteiger partial charge in [-0.2, -0.15) is 0 Å². The van der Waals surface area contributed by atoms with Crippen LogP contribution in [0, 0.1) is 6.92 Å². The molecule has 2 rings (SSSR count). The summed E-state index contributed by atoms with van der Waals surface area (Å²) in [7, 11) is 1.63. The van der Waals surface area contributed by atoms with E-state index >= 15 is 0 Å². The number of aliphatic hydroxyl groups excluding tert-OH is 1. The molecule has 1 unspecified atom stereocenters. The molecule has 2 nitrogen and oxygen atoms in total. The minimum atomic E-state index is -0.693. The van der Waals surface area contributed by atoms with Gasteiger partial charge in [-0.3, -0.25) is 0 Å². The standard InChI is InChI=1S/C15H14Br2O2/c1-9-3-4-10(7-14(9)19-2)15(18)12-8-11(16)5-6-13(12)17/h3-8,15,18H,1-2H3. The normalized spacial score (nSPS) is 12.3. The van der Waals surface area contributed by atoms with Crippen molar-refractivity contribution in [2.45, 2.75) is 13.0 Å². The Morgan fingerprint density at radius 1 is 1.11 bits per heavy atom. The predicted octanol–water partition coefficient (Wildman–Crippen LogP) is 4.61. The maximum atomic E-state index is 10.5. The zero-order chi connectivity index (χ0) is 14.0. The summed E-state index contributed by atoms with van der Waals surface area (Å²) in [5.74, 6) is 0.780. The highest BCUT2D eigenvalue weighted by molar-refractivity contribution is 9.11. The number of ether oxygens (including phenoxy) is 1. The molecule has 0 saturated heterocycles. The van der Waals surface area contributed by atoms with Gasteiger partial charge in [-0.15, -0.1) is 0 Å². The molecule has 0 aromatic heterocycles. The lowest BCUT2D eigenvalue weighted by Crippen LogP contribution is -2.02. The van der Waals surface area contributed by atoms with Crippen molar-refractivity contribution in [1.82, 2.24) is 0 Å². The second-order valence-electron chi connectivity index (χ2n) is 4.30. The quantitative estimate of drug-likeness (QED) is 0.835.